The van der Waals surface area contributed by atoms with Crippen LogP contribution < -0.4 is 10.4 Å². The molecule has 11 aromatic rings. The van der Waals surface area contributed by atoms with Crippen LogP contribution in [-0.4, -0.2) is 27.2 Å². The third-order valence-corrected chi connectivity index (χ3v) is 15.9. The average molecular weight is 745 g/mol. The number of aromatic nitrogens is 4. The summed E-state index contributed by atoms with van der Waals surface area (Å²) in [6, 6.07) is 66.0. The second-order valence-electron chi connectivity index (χ2n) is 15.8. The minimum Gasteiger partial charge on any atom is -0.309 e. The molecule has 12 rings (SSSR count). The Balaban J connectivity index is 1.07. The van der Waals surface area contributed by atoms with Gasteiger partial charge in [0, 0.05) is 38.2 Å². The van der Waals surface area contributed by atoms with Crippen molar-refractivity contribution in [2.45, 2.75) is 13.1 Å². The topological polar surface area (TPSA) is 35.6 Å². The smallest absolute Gasteiger partial charge is 0.235 e. The Labute approximate surface area is 331 Å². The molecule has 1 aliphatic rings. The maximum atomic E-state index is 5.56. The summed E-state index contributed by atoms with van der Waals surface area (Å²) >= 11 is 0. The van der Waals surface area contributed by atoms with Crippen LogP contribution in [0.25, 0.3) is 99.7 Å². The molecule has 0 bridgehead atoms. The van der Waals surface area contributed by atoms with Crippen LogP contribution >= 0.6 is 0 Å². The SMILES string of the molecule is C[Si]1(C)c2ccccc2-c2ccc3nc(-n4c5ccccc5c5cc(-c6ccc7c(c6)c6ccccc6n7-c6ccccc6)ccc54)nc(-c4ccccc4)c3c21. The van der Waals surface area contributed by atoms with Gasteiger partial charge in [-0.15, -0.1) is 0 Å². The monoisotopic (exact) mass is 744 g/mol. The van der Waals surface area contributed by atoms with E-state index >= 15 is 0 Å². The van der Waals surface area contributed by atoms with Crippen molar-refractivity contribution in [2.24, 2.45) is 0 Å². The van der Waals surface area contributed by atoms with Crippen LogP contribution in [0.15, 0.2) is 182 Å². The first kappa shape index (κ1) is 32.2. The molecule has 4 heterocycles. The van der Waals surface area contributed by atoms with Crippen molar-refractivity contribution in [3.8, 4) is 45.1 Å². The Hall–Kier alpha value is -7.08. The third-order valence-electron chi connectivity index (χ3n) is 12.3. The zero-order valence-corrected chi connectivity index (χ0v) is 32.6. The van der Waals surface area contributed by atoms with Crippen molar-refractivity contribution in [3.63, 3.8) is 0 Å². The summed E-state index contributed by atoms with van der Waals surface area (Å²) < 4.78 is 4.64. The number of hydrogen-bond acceptors (Lipinski definition) is 2. The largest absolute Gasteiger partial charge is 0.309 e. The number of fused-ring (bicyclic) bond motifs is 11. The molecule has 0 unspecified atom stereocenters. The van der Waals surface area contributed by atoms with Crippen LogP contribution in [0.1, 0.15) is 0 Å². The molecule has 0 saturated carbocycles. The van der Waals surface area contributed by atoms with Crippen LogP contribution in [0.2, 0.25) is 13.1 Å². The van der Waals surface area contributed by atoms with Crippen molar-refractivity contribution in [1.82, 2.24) is 19.1 Å². The van der Waals surface area contributed by atoms with Gasteiger partial charge in [0.1, 0.15) is 8.07 Å². The number of hydrogen-bond donors (Lipinski definition) is 0. The van der Waals surface area contributed by atoms with Gasteiger partial charge < -0.3 is 4.57 Å². The van der Waals surface area contributed by atoms with E-state index in [1.54, 1.807) is 0 Å². The predicted octanol–water partition coefficient (Wildman–Crippen LogP) is 12.0. The van der Waals surface area contributed by atoms with Gasteiger partial charge in [-0.1, -0.05) is 140 Å². The molecule has 0 radical (unpaired) electrons. The average Bonchev–Trinajstić information content (AvgIpc) is 3.86. The minimum atomic E-state index is -2.06. The normalized spacial score (nSPS) is 13.2. The van der Waals surface area contributed by atoms with Crippen molar-refractivity contribution < 1.29 is 0 Å². The molecule has 5 heteroatoms. The zero-order valence-electron chi connectivity index (χ0n) is 31.6. The number of benzene rings is 8. The van der Waals surface area contributed by atoms with Gasteiger partial charge in [0.05, 0.1) is 33.3 Å². The van der Waals surface area contributed by atoms with Gasteiger partial charge in [-0.3, -0.25) is 4.57 Å². The summed E-state index contributed by atoms with van der Waals surface area (Å²) in [5.74, 6) is 0.686. The van der Waals surface area contributed by atoms with Gasteiger partial charge in [0.2, 0.25) is 5.95 Å². The molecule has 4 nitrogen and oxygen atoms in total. The van der Waals surface area contributed by atoms with E-state index < -0.39 is 8.07 Å². The maximum absolute atomic E-state index is 5.56. The number of rotatable bonds is 4. The Morgan fingerprint density at radius 2 is 0.982 bits per heavy atom. The van der Waals surface area contributed by atoms with E-state index in [2.05, 4.69) is 204 Å². The molecule has 268 valence electrons. The van der Waals surface area contributed by atoms with Crippen molar-refractivity contribution in [3.05, 3.63) is 182 Å². The molecule has 0 fully saturated rings. The first-order valence-electron chi connectivity index (χ1n) is 19.7. The highest BCUT2D eigenvalue weighted by molar-refractivity contribution is 7.05. The fourth-order valence-corrected chi connectivity index (χ4v) is 13.2. The molecule has 3 aromatic heterocycles. The van der Waals surface area contributed by atoms with Crippen molar-refractivity contribution in [1.29, 1.82) is 0 Å². The highest BCUT2D eigenvalue weighted by atomic mass is 28.3. The summed E-state index contributed by atoms with van der Waals surface area (Å²) in [7, 11) is -2.06. The number of para-hydroxylation sites is 3. The van der Waals surface area contributed by atoms with E-state index in [1.165, 1.54) is 70.6 Å². The van der Waals surface area contributed by atoms with E-state index in [9.17, 15) is 0 Å². The lowest BCUT2D eigenvalue weighted by Gasteiger charge is -2.22. The summed E-state index contributed by atoms with van der Waals surface area (Å²) in [5.41, 5.74) is 13.9. The van der Waals surface area contributed by atoms with Crippen LogP contribution in [0.4, 0.5) is 0 Å². The summed E-state index contributed by atoms with van der Waals surface area (Å²) in [5, 5.41) is 8.95. The van der Waals surface area contributed by atoms with E-state index in [-0.39, 0.29) is 0 Å². The van der Waals surface area contributed by atoms with E-state index in [4.69, 9.17) is 9.97 Å². The van der Waals surface area contributed by atoms with E-state index in [1.807, 2.05) is 0 Å². The predicted molar refractivity (Wildman–Crippen MR) is 241 cm³/mol. The molecule has 0 amide bonds. The lowest BCUT2D eigenvalue weighted by molar-refractivity contribution is 1.01. The first-order chi connectivity index (χ1) is 28.0. The number of nitrogens with zero attached hydrogens (tertiary/aromatic N) is 4. The molecular formula is C52H36N4Si. The van der Waals surface area contributed by atoms with Gasteiger partial charge in [0.25, 0.3) is 0 Å². The second kappa shape index (κ2) is 12.0. The van der Waals surface area contributed by atoms with Gasteiger partial charge in [-0.25, -0.2) is 9.97 Å². The van der Waals surface area contributed by atoms with Crippen LogP contribution in [0.5, 0.6) is 0 Å². The zero-order chi connectivity index (χ0) is 37.8. The lowest BCUT2D eigenvalue weighted by atomic mass is 10.0. The Kier molecular flexibility index (Phi) is 6.75. The molecule has 0 aliphatic carbocycles. The molecule has 8 aromatic carbocycles. The Morgan fingerprint density at radius 3 is 1.68 bits per heavy atom. The van der Waals surface area contributed by atoms with E-state index in [0.717, 1.165) is 33.5 Å². The van der Waals surface area contributed by atoms with Crippen LogP contribution in [-0.2, 0) is 0 Å². The van der Waals surface area contributed by atoms with Gasteiger partial charge in [0.15, 0.2) is 0 Å². The van der Waals surface area contributed by atoms with Gasteiger partial charge >= 0.3 is 0 Å². The molecule has 0 atom stereocenters. The maximum Gasteiger partial charge on any atom is 0.235 e. The highest BCUT2D eigenvalue weighted by Crippen LogP contribution is 2.40. The molecule has 1 aliphatic heterocycles. The summed E-state index contributed by atoms with van der Waals surface area (Å²) in [6.07, 6.45) is 0. The first-order valence-corrected chi connectivity index (χ1v) is 22.7. The van der Waals surface area contributed by atoms with Crippen molar-refractivity contribution >= 4 is 73.0 Å². The Morgan fingerprint density at radius 1 is 0.421 bits per heavy atom. The molecule has 0 spiro atoms. The molecule has 0 N–H and O–H groups in total. The summed E-state index contributed by atoms with van der Waals surface area (Å²) in [4.78, 5) is 11.0. The Bertz CT molecular complexity index is 3430. The van der Waals surface area contributed by atoms with Gasteiger partial charge in [-0.05, 0) is 87.2 Å². The van der Waals surface area contributed by atoms with Gasteiger partial charge in [-0.2, -0.15) is 0 Å². The van der Waals surface area contributed by atoms with E-state index in [0.29, 0.717) is 5.95 Å². The summed E-state index contributed by atoms with van der Waals surface area (Å²) in [6.45, 7) is 4.95. The highest BCUT2D eigenvalue weighted by Gasteiger charge is 2.40. The quantitative estimate of drug-likeness (QED) is 0.168. The van der Waals surface area contributed by atoms with Crippen LogP contribution in [0, 0.1) is 0 Å². The fourth-order valence-electron chi connectivity index (χ4n) is 9.77. The standard InChI is InChI=1S/C52H36N4Si/c1-57(2)48-24-14-11-21-39(48)40-27-28-43-49(51(40)57)50(33-15-5-3-6-16-33)54-52(53-43)56-45-23-13-10-20-38(45)42-32-35(26-30-47(42)56)34-25-29-46-41(31-34)37-19-9-12-22-44(37)55(46)36-17-7-4-8-18-36/h3-32H,1-2H3. The molecule has 57 heavy (non-hydrogen) atoms. The second-order valence-corrected chi connectivity index (χ2v) is 20.1. The third kappa shape index (κ3) is 4.60. The van der Waals surface area contributed by atoms with Crippen LogP contribution in [0.3, 0.4) is 0 Å². The molecule has 0 saturated heterocycles. The molecular weight excluding hydrogens is 709 g/mol. The minimum absolute atomic E-state index is 0.686. The lowest BCUT2D eigenvalue weighted by Crippen LogP contribution is -2.49. The van der Waals surface area contributed by atoms with Crippen molar-refractivity contribution in [2.75, 3.05) is 0 Å². The fraction of sp³-hybridized carbons (Fsp3) is 0.0385.